The van der Waals surface area contributed by atoms with Gasteiger partial charge < -0.3 is 14.2 Å². The number of aromatic nitrogens is 1. The Labute approximate surface area is 172 Å². The summed E-state index contributed by atoms with van der Waals surface area (Å²) in [5.41, 5.74) is 1.63. The molecule has 1 fully saturated rings. The van der Waals surface area contributed by atoms with E-state index in [4.69, 9.17) is 4.74 Å². The number of nitrogens with one attached hydrogen (secondary N) is 1. The smallest absolute Gasteiger partial charge is 0.254 e. The van der Waals surface area contributed by atoms with Crippen molar-refractivity contribution in [3.05, 3.63) is 53.9 Å². The van der Waals surface area contributed by atoms with Crippen LogP contribution < -0.4 is 4.72 Å². The Kier molecular flexibility index (Phi) is 7.10. The lowest BCUT2D eigenvalue weighted by atomic mass is 10.1. The molecule has 1 aliphatic heterocycles. The highest BCUT2D eigenvalue weighted by atomic mass is 32.2. The largest absolute Gasteiger partial charge is 0.383 e. The molecule has 0 radical (unpaired) electrons. The van der Waals surface area contributed by atoms with Crippen LogP contribution in [0.3, 0.4) is 0 Å². The number of likely N-dealkylation sites (tertiary alicyclic amines) is 1. The maximum atomic E-state index is 13.3. The second kappa shape index (κ2) is 9.56. The number of hydrogen-bond donors (Lipinski definition) is 1. The third-order valence-electron chi connectivity index (χ3n) is 5.35. The van der Waals surface area contributed by atoms with Crippen LogP contribution in [-0.2, 0) is 21.8 Å². The van der Waals surface area contributed by atoms with Gasteiger partial charge in [0.1, 0.15) is 0 Å². The van der Waals surface area contributed by atoms with E-state index >= 15 is 0 Å². The molecule has 0 aliphatic carbocycles. The topological polar surface area (TPSA) is 80.6 Å². The van der Waals surface area contributed by atoms with Crippen LogP contribution in [0, 0.1) is 0 Å². The molecule has 1 unspecified atom stereocenters. The normalized spacial score (nSPS) is 17.9. The van der Waals surface area contributed by atoms with E-state index in [-0.39, 0.29) is 23.4 Å². The van der Waals surface area contributed by atoms with E-state index in [1.165, 1.54) is 19.2 Å². The molecule has 3 rings (SSSR count). The van der Waals surface area contributed by atoms with E-state index < -0.39 is 10.0 Å². The first kappa shape index (κ1) is 21.5. The summed E-state index contributed by atoms with van der Waals surface area (Å²) in [5, 5.41) is 0. The average molecular weight is 420 g/mol. The van der Waals surface area contributed by atoms with Crippen LogP contribution in [0.2, 0.25) is 0 Å². The van der Waals surface area contributed by atoms with Gasteiger partial charge in [-0.3, -0.25) is 4.79 Å². The van der Waals surface area contributed by atoms with Crippen molar-refractivity contribution in [2.45, 2.75) is 36.6 Å². The summed E-state index contributed by atoms with van der Waals surface area (Å²) in [6.07, 6.45) is 6.10. The second-order valence-corrected chi connectivity index (χ2v) is 9.09. The summed E-state index contributed by atoms with van der Waals surface area (Å²) >= 11 is 0. The number of carbonyl (C=O) groups excluding carboxylic acids is 1. The molecule has 0 spiro atoms. The summed E-state index contributed by atoms with van der Waals surface area (Å²) in [5.74, 6) is -0.0607. The number of ether oxygens (including phenoxy) is 1. The lowest BCUT2D eigenvalue weighted by molar-refractivity contribution is 0.0674. The number of nitrogens with zero attached hydrogens (tertiary/aromatic N) is 2. The minimum Gasteiger partial charge on any atom is -0.383 e. The van der Waals surface area contributed by atoms with Crippen molar-refractivity contribution in [2.24, 2.45) is 7.05 Å². The Bertz CT molecular complexity index is 922. The summed E-state index contributed by atoms with van der Waals surface area (Å²) in [4.78, 5) is 15.3. The van der Waals surface area contributed by atoms with E-state index in [2.05, 4.69) is 15.4 Å². The third-order valence-corrected chi connectivity index (χ3v) is 6.83. The number of carbonyl (C=O) groups is 1. The predicted octanol–water partition coefficient (Wildman–Crippen LogP) is 2.71. The molecule has 1 saturated heterocycles. The van der Waals surface area contributed by atoms with E-state index in [9.17, 15) is 13.2 Å². The van der Waals surface area contributed by atoms with Crippen molar-refractivity contribution >= 4 is 15.9 Å². The van der Waals surface area contributed by atoms with Gasteiger partial charge in [-0.2, -0.15) is 0 Å². The zero-order valence-electron chi connectivity index (χ0n) is 17.0. The number of methoxy groups -OCH3 is 1. The number of benzene rings is 1. The highest BCUT2D eigenvalue weighted by Gasteiger charge is 2.29. The molecule has 1 aromatic carbocycles. The molecule has 7 nitrogen and oxygen atoms in total. The third kappa shape index (κ3) is 5.07. The fraction of sp³-hybridized carbons (Fsp3) is 0.476. The van der Waals surface area contributed by atoms with Gasteiger partial charge in [0.2, 0.25) is 10.0 Å². The van der Waals surface area contributed by atoms with Crippen LogP contribution in [0.1, 0.15) is 47.8 Å². The molecule has 1 N–H and O–H groups in total. The summed E-state index contributed by atoms with van der Waals surface area (Å²) in [6.45, 7) is 1.20. The SMILES string of the molecule is COCCNS(=O)(=O)c1ccc(C(=O)N2CCCCCC2c2cccn2C)cc1. The molecule has 2 aromatic rings. The molecule has 1 aromatic heterocycles. The van der Waals surface area contributed by atoms with Crippen LogP contribution >= 0.6 is 0 Å². The van der Waals surface area contributed by atoms with E-state index in [1.807, 2.05) is 24.2 Å². The highest BCUT2D eigenvalue weighted by molar-refractivity contribution is 7.89. The molecular formula is C21H29N3O4S. The molecule has 1 aliphatic rings. The zero-order chi connectivity index (χ0) is 20.9. The average Bonchev–Trinajstić information content (AvgIpc) is 2.99. The number of aryl methyl sites for hydroxylation is 1. The lowest BCUT2D eigenvalue weighted by Crippen LogP contribution is -2.35. The van der Waals surface area contributed by atoms with Gasteiger partial charge in [0.15, 0.2) is 0 Å². The summed E-state index contributed by atoms with van der Waals surface area (Å²) in [7, 11) is -0.103. The monoisotopic (exact) mass is 419 g/mol. The van der Waals surface area contributed by atoms with Crippen molar-refractivity contribution in [2.75, 3.05) is 26.8 Å². The first-order valence-corrected chi connectivity index (χ1v) is 11.4. The standard InChI is InChI=1S/C21H29N3O4S/c1-23-14-6-8-19(23)20-7-4-3-5-15-24(20)21(25)17-9-11-18(12-10-17)29(26,27)22-13-16-28-2/h6,8-12,14,20,22H,3-5,7,13,15-16H2,1-2H3. The maximum Gasteiger partial charge on any atom is 0.254 e. The van der Waals surface area contributed by atoms with E-state index in [1.54, 1.807) is 12.1 Å². The van der Waals surface area contributed by atoms with Gasteiger partial charge >= 0.3 is 0 Å². The molecule has 0 bridgehead atoms. The van der Waals surface area contributed by atoms with Gasteiger partial charge in [0, 0.05) is 44.7 Å². The Morgan fingerprint density at radius 1 is 1.17 bits per heavy atom. The van der Waals surface area contributed by atoms with Crippen molar-refractivity contribution < 1.29 is 17.9 Å². The number of hydrogen-bond acceptors (Lipinski definition) is 4. The lowest BCUT2D eigenvalue weighted by Gasteiger charge is -2.30. The zero-order valence-corrected chi connectivity index (χ0v) is 17.8. The Hall–Kier alpha value is -2.16. The minimum atomic E-state index is -3.62. The van der Waals surface area contributed by atoms with Crippen molar-refractivity contribution in [3.63, 3.8) is 0 Å². The van der Waals surface area contributed by atoms with Crippen LogP contribution in [0.25, 0.3) is 0 Å². The minimum absolute atomic E-state index is 0.0316. The van der Waals surface area contributed by atoms with Gasteiger partial charge in [-0.1, -0.05) is 12.8 Å². The first-order chi connectivity index (χ1) is 13.9. The molecule has 1 amide bonds. The first-order valence-electron chi connectivity index (χ1n) is 9.95. The maximum absolute atomic E-state index is 13.3. The Morgan fingerprint density at radius 3 is 2.59 bits per heavy atom. The fourth-order valence-corrected chi connectivity index (χ4v) is 4.80. The molecular weight excluding hydrogens is 390 g/mol. The quantitative estimate of drug-likeness (QED) is 0.700. The predicted molar refractivity (Wildman–Crippen MR) is 111 cm³/mol. The van der Waals surface area contributed by atoms with Crippen LogP contribution in [0.15, 0.2) is 47.5 Å². The van der Waals surface area contributed by atoms with Crippen LogP contribution in [0.5, 0.6) is 0 Å². The molecule has 0 saturated carbocycles. The number of rotatable bonds is 7. The van der Waals surface area contributed by atoms with Crippen molar-refractivity contribution in [3.8, 4) is 0 Å². The second-order valence-electron chi connectivity index (χ2n) is 7.32. The highest BCUT2D eigenvalue weighted by Crippen LogP contribution is 2.31. The summed E-state index contributed by atoms with van der Waals surface area (Å²) < 4.78 is 34.0. The van der Waals surface area contributed by atoms with Crippen LogP contribution in [0.4, 0.5) is 0 Å². The molecule has 158 valence electrons. The van der Waals surface area contributed by atoms with Crippen molar-refractivity contribution in [1.29, 1.82) is 0 Å². The van der Waals surface area contributed by atoms with Gasteiger partial charge in [-0.05, 0) is 49.2 Å². The summed E-state index contributed by atoms with van der Waals surface area (Å²) in [6, 6.07) is 10.3. The number of amides is 1. The molecule has 1 atom stereocenters. The Balaban J connectivity index is 1.80. The van der Waals surface area contributed by atoms with Gasteiger partial charge in [0.25, 0.3) is 5.91 Å². The van der Waals surface area contributed by atoms with Gasteiger partial charge in [0.05, 0.1) is 17.5 Å². The number of sulfonamides is 1. The van der Waals surface area contributed by atoms with Crippen LogP contribution in [-0.4, -0.2) is 50.6 Å². The molecule has 2 heterocycles. The molecule has 8 heteroatoms. The van der Waals surface area contributed by atoms with Gasteiger partial charge in [-0.25, -0.2) is 13.1 Å². The Morgan fingerprint density at radius 2 is 1.93 bits per heavy atom. The van der Waals surface area contributed by atoms with E-state index in [0.717, 1.165) is 31.4 Å². The fourth-order valence-electron chi connectivity index (χ4n) is 3.78. The van der Waals surface area contributed by atoms with E-state index in [0.29, 0.717) is 18.7 Å². The van der Waals surface area contributed by atoms with Crippen molar-refractivity contribution in [1.82, 2.24) is 14.2 Å². The molecule has 29 heavy (non-hydrogen) atoms. The van der Waals surface area contributed by atoms with Gasteiger partial charge in [-0.15, -0.1) is 0 Å².